The molecule has 2 aromatic rings. The van der Waals surface area contributed by atoms with Crippen LogP contribution in [0.5, 0.6) is 0 Å². The summed E-state index contributed by atoms with van der Waals surface area (Å²) in [7, 11) is 1.87. The number of hydrogen-bond acceptors (Lipinski definition) is 3. The molecule has 0 aliphatic carbocycles. The molecule has 5 nitrogen and oxygen atoms in total. The van der Waals surface area contributed by atoms with Crippen molar-refractivity contribution < 1.29 is 0 Å². The molecule has 26 heavy (non-hydrogen) atoms. The number of aromatic nitrogens is 2. The van der Waals surface area contributed by atoms with Crippen LogP contribution >= 0.6 is 35.7 Å². The molecule has 1 aromatic heterocycles. The zero-order valence-corrected chi connectivity index (χ0v) is 18.8. The van der Waals surface area contributed by atoms with E-state index in [2.05, 4.69) is 62.9 Å². The molecule has 1 N–H and O–H groups in total. The van der Waals surface area contributed by atoms with Gasteiger partial charge in [-0.05, 0) is 25.0 Å². The number of nitrogens with one attached hydrogen (secondary N) is 1. The Morgan fingerprint density at radius 3 is 2.85 bits per heavy atom. The molecule has 0 amide bonds. The van der Waals surface area contributed by atoms with Crippen LogP contribution in [0, 0.1) is 0 Å². The molecule has 0 atom stereocenters. The van der Waals surface area contributed by atoms with Gasteiger partial charge in [-0.2, -0.15) is 11.8 Å². The molecule has 0 saturated carbocycles. The Balaban J connectivity index is 0.00000243. The Hall–Kier alpha value is -1.22. The number of halogens is 1. The van der Waals surface area contributed by atoms with Crippen LogP contribution in [0.4, 0.5) is 0 Å². The minimum Gasteiger partial charge on any atom is -0.352 e. The van der Waals surface area contributed by atoms with Crippen LogP contribution in [0.3, 0.4) is 0 Å². The zero-order valence-electron chi connectivity index (χ0n) is 15.7. The predicted octanol–water partition coefficient (Wildman–Crippen LogP) is 3.45. The third-order valence-corrected chi connectivity index (χ3v) is 5.60. The molecule has 0 spiro atoms. The van der Waals surface area contributed by atoms with Crippen molar-refractivity contribution >= 4 is 41.7 Å². The van der Waals surface area contributed by atoms with Crippen molar-refractivity contribution in [2.45, 2.75) is 31.7 Å². The van der Waals surface area contributed by atoms with Gasteiger partial charge in [0.05, 0.1) is 6.33 Å². The summed E-state index contributed by atoms with van der Waals surface area (Å²) in [6.07, 6.45) is 5.65. The molecule has 1 saturated heterocycles. The van der Waals surface area contributed by atoms with Crippen molar-refractivity contribution in [3.05, 3.63) is 54.1 Å². The van der Waals surface area contributed by atoms with Gasteiger partial charge in [0, 0.05) is 56.1 Å². The molecular weight excluding hydrogens is 457 g/mol. The monoisotopic (exact) mass is 485 g/mol. The van der Waals surface area contributed by atoms with Crippen LogP contribution in [-0.2, 0) is 13.1 Å². The molecule has 1 aliphatic heterocycles. The highest BCUT2D eigenvalue weighted by atomic mass is 127. The van der Waals surface area contributed by atoms with E-state index in [-0.39, 0.29) is 28.7 Å². The van der Waals surface area contributed by atoms with Gasteiger partial charge in [0.1, 0.15) is 0 Å². The summed E-state index contributed by atoms with van der Waals surface area (Å²) in [5.74, 6) is 2.14. The molecule has 7 heteroatoms. The van der Waals surface area contributed by atoms with Crippen molar-refractivity contribution in [1.82, 2.24) is 19.8 Å². The summed E-state index contributed by atoms with van der Waals surface area (Å²) in [6, 6.07) is 8.68. The average molecular weight is 485 g/mol. The molecule has 1 aromatic carbocycles. The second-order valence-corrected chi connectivity index (χ2v) is 8.79. The Labute approximate surface area is 177 Å². The smallest absolute Gasteiger partial charge is 0.193 e. The summed E-state index contributed by atoms with van der Waals surface area (Å²) in [4.78, 5) is 11.0. The van der Waals surface area contributed by atoms with Gasteiger partial charge < -0.3 is 14.8 Å². The van der Waals surface area contributed by atoms with E-state index in [0.29, 0.717) is 0 Å². The molecule has 1 fully saturated rings. The lowest BCUT2D eigenvalue weighted by Crippen LogP contribution is -2.50. The number of rotatable bonds is 4. The van der Waals surface area contributed by atoms with Gasteiger partial charge in [0.25, 0.3) is 0 Å². The average Bonchev–Trinajstić information content (AvgIpc) is 3.08. The standard InChI is InChI=1S/C19H27N5S.HI/c1-19(2)14-24(9-10-25-19)18(20-3)22-12-16-5-4-6-17(11-16)13-23-8-7-21-15-23;/h4-8,11,15H,9-10,12-14H2,1-3H3,(H,20,22);1H. The molecule has 0 unspecified atom stereocenters. The summed E-state index contributed by atoms with van der Waals surface area (Å²) < 4.78 is 2.36. The predicted molar refractivity (Wildman–Crippen MR) is 121 cm³/mol. The van der Waals surface area contributed by atoms with Crippen LogP contribution in [0.25, 0.3) is 0 Å². The normalized spacial score (nSPS) is 16.9. The quantitative estimate of drug-likeness (QED) is 0.410. The third-order valence-electron chi connectivity index (χ3n) is 4.30. The number of guanidine groups is 1. The lowest BCUT2D eigenvalue weighted by Gasteiger charge is -2.39. The van der Waals surface area contributed by atoms with E-state index in [1.54, 1.807) is 0 Å². The maximum atomic E-state index is 4.49. The number of benzene rings is 1. The molecule has 2 heterocycles. The summed E-state index contributed by atoms with van der Waals surface area (Å²) in [5, 5.41) is 3.53. The molecule has 0 radical (unpaired) electrons. The third kappa shape index (κ3) is 5.90. The minimum absolute atomic E-state index is 0. The Kier molecular flexibility index (Phi) is 7.82. The van der Waals surface area contributed by atoms with Gasteiger partial charge in [0.15, 0.2) is 5.96 Å². The molecule has 1 aliphatic rings. The second-order valence-electron chi connectivity index (χ2n) is 6.99. The maximum Gasteiger partial charge on any atom is 0.193 e. The van der Waals surface area contributed by atoms with Gasteiger partial charge >= 0.3 is 0 Å². The van der Waals surface area contributed by atoms with Crippen LogP contribution in [-0.4, -0.2) is 51.0 Å². The highest BCUT2D eigenvalue weighted by Crippen LogP contribution is 2.29. The fraction of sp³-hybridized carbons (Fsp3) is 0.474. The van der Waals surface area contributed by atoms with Crippen molar-refractivity contribution in [2.75, 3.05) is 25.9 Å². The SMILES string of the molecule is CN=C(NCc1cccc(Cn2ccnc2)c1)N1CCSC(C)(C)C1.I. The summed E-state index contributed by atoms with van der Waals surface area (Å²) >= 11 is 2.04. The first-order valence-corrected chi connectivity index (χ1v) is 9.67. The van der Waals surface area contributed by atoms with Gasteiger partial charge in [-0.1, -0.05) is 24.3 Å². The zero-order chi connectivity index (χ0) is 17.7. The number of nitrogens with zero attached hydrogens (tertiary/aromatic N) is 4. The van der Waals surface area contributed by atoms with Gasteiger partial charge in [0.2, 0.25) is 0 Å². The van der Waals surface area contributed by atoms with Crippen molar-refractivity contribution in [2.24, 2.45) is 4.99 Å². The van der Waals surface area contributed by atoms with Gasteiger partial charge in [-0.15, -0.1) is 24.0 Å². The highest BCUT2D eigenvalue weighted by Gasteiger charge is 2.28. The van der Waals surface area contributed by atoms with Crippen LogP contribution in [0.2, 0.25) is 0 Å². The summed E-state index contributed by atoms with van der Waals surface area (Å²) in [5.41, 5.74) is 2.55. The van der Waals surface area contributed by atoms with Gasteiger partial charge in [-0.25, -0.2) is 4.98 Å². The largest absolute Gasteiger partial charge is 0.352 e. The Morgan fingerprint density at radius 2 is 2.15 bits per heavy atom. The number of hydrogen-bond donors (Lipinski definition) is 1. The molecular formula is C19H28IN5S. The fourth-order valence-corrected chi connectivity index (χ4v) is 4.25. The van der Waals surface area contributed by atoms with Crippen LogP contribution < -0.4 is 5.32 Å². The van der Waals surface area contributed by atoms with E-state index in [4.69, 9.17) is 0 Å². The Morgan fingerprint density at radius 1 is 1.35 bits per heavy atom. The van der Waals surface area contributed by atoms with E-state index < -0.39 is 0 Å². The van der Waals surface area contributed by atoms with E-state index in [1.807, 2.05) is 37.5 Å². The topological polar surface area (TPSA) is 45.5 Å². The summed E-state index contributed by atoms with van der Waals surface area (Å²) in [6.45, 7) is 8.31. The van der Waals surface area contributed by atoms with E-state index in [1.165, 1.54) is 11.1 Å². The lowest BCUT2D eigenvalue weighted by molar-refractivity contribution is 0.375. The minimum atomic E-state index is 0. The van der Waals surface area contributed by atoms with Crippen LogP contribution in [0.15, 0.2) is 48.0 Å². The van der Waals surface area contributed by atoms with Crippen molar-refractivity contribution in [3.63, 3.8) is 0 Å². The van der Waals surface area contributed by atoms with E-state index in [9.17, 15) is 0 Å². The van der Waals surface area contributed by atoms with E-state index in [0.717, 1.165) is 37.9 Å². The first kappa shape index (κ1) is 21.1. The van der Waals surface area contributed by atoms with E-state index >= 15 is 0 Å². The van der Waals surface area contributed by atoms with Crippen LogP contribution in [0.1, 0.15) is 25.0 Å². The number of thioether (sulfide) groups is 1. The maximum absolute atomic E-state index is 4.49. The second kappa shape index (κ2) is 9.64. The van der Waals surface area contributed by atoms with Crippen molar-refractivity contribution in [1.29, 1.82) is 0 Å². The molecule has 142 valence electrons. The molecule has 3 rings (SSSR count). The lowest BCUT2D eigenvalue weighted by atomic mass is 10.1. The first-order chi connectivity index (χ1) is 12.1. The molecule has 0 bridgehead atoms. The highest BCUT2D eigenvalue weighted by molar-refractivity contribution is 14.0. The Bertz CT molecular complexity index is 714. The van der Waals surface area contributed by atoms with Crippen molar-refractivity contribution in [3.8, 4) is 0 Å². The van der Waals surface area contributed by atoms with Gasteiger partial charge in [-0.3, -0.25) is 4.99 Å². The fourth-order valence-electron chi connectivity index (χ4n) is 3.14. The number of aliphatic imine (C=N–C) groups is 1. The first-order valence-electron chi connectivity index (χ1n) is 8.69. The number of imidazole rings is 1.